The number of aryl methyl sites for hydroxylation is 2. The van der Waals surface area contributed by atoms with Gasteiger partial charge in [-0.3, -0.25) is 15.4 Å². The number of benzene rings is 1. The molecule has 1 fully saturated rings. The molecule has 136 valence electrons. The number of ether oxygens (including phenoxy) is 1. The summed E-state index contributed by atoms with van der Waals surface area (Å²) in [4.78, 5) is 36.4. The maximum atomic E-state index is 13.5. The maximum absolute atomic E-state index is 13.5. The van der Waals surface area contributed by atoms with Crippen molar-refractivity contribution in [3.63, 3.8) is 0 Å². The van der Waals surface area contributed by atoms with Crippen molar-refractivity contribution in [1.82, 2.24) is 10.6 Å². The summed E-state index contributed by atoms with van der Waals surface area (Å²) in [5, 5.41) is 2.96. The number of anilines is 1. The predicted octanol–water partition coefficient (Wildman–Crippen LogP) is 2.36. The highest BCUT2D eigenvalue weighted by molar-refractivity contribution is 6.24. The number of rotatable bonds is 3. The Morgan fingerprint density at radius 3 is 2.44 bits per heavy atom. The second-order valence-electron chi connectivity index (χ2n) is 5.43. The lowest BCUT2D eigenvalue weighted by Crippen LogP contribution is -2.69. The van der Waals surface area contributed by atoms with E-state index in [1.807, 2.05) is 0 Å². The zero-order chi connectivity index (χ0) is 19.0. The van der Waals surface area contributed by atoms with Gasteiger partial charge in [-0.25, -0.2) is 14.5 Å². The van der Waals surface area contributed by atoms with E-state index in [1.165, 1.54) is 29.7 Å². The number of amides is 4. The molecule has 1 aliphatic heterocycles. The fraction of sp³-hybridized carbons (Fsp3) is 0.400. The molecule has 0 bridgehead atoms. The average Bonchev–Trinajstić information content (AvgIpc) is 2.74. The van der Waals surface area contributed by atoms with Crippen molar-refractivity contribution in [2.24, 2.45) is 0 Å². The van der Waals surface area contributed by atoms with Crippen LogP contribution in [0.1, 0.15) is 18.1 Å². The lowest BCUT2D eigenvalue weighted by molar-refractivity contribution is -0.197. The Morgan fingerprint density at radius 1 is 1.28 bits per heavy atom. The molecule has 1 saturated heterocycles. The monoisotopic (exact) mass is 359 g/mol. The highest BCUT2D eigenvalue weighted by Gasteiger charge is 2.69. The molecule has 7 nitrogen and oxygen atoms in total. The van der Waals surface area contributed by atoms with E-state index in [4.69, 9.17) is 0 Å². The fourth-order valence-corrected chi connectivity index (χ4v) is 2.30. The molecule has 2 rings (SSSR count). The van der Waals surface area contributed by atoms with Gasteiger partial charge in [0.2, 0.25) is 0 Å². The van der Waals surface area contributed by atoms with Gasteiger partial charge in [0.15, 0.2) is 0 Å². The largest absolute Gasteiger partial charge is 0.450 e. The van der Waals surface area contributed by atoms with Gasteiger partial charge < -0.3 is 4.74 Å². The Bertz CT molecular complexity index is 735. The van der Waals surface area contributed by atoms with Crippen LogP contribution in [0.3, 0.4) is 0 Å². The van der Waals surface area contributed by atoms with Crippen molar-refractivity contribution in [2.75, 3.05) is 11.5 Å². The number of imide groups is 1. The Balaban J connectivity index is 2.47. The summed E-state index contributed by atoms with van der Waals surface area (Å²) in [6.45, 7) is 4.64. The van der Waals surface area contributed by atoms with E-state index in [1.54, 1.807) is 19.9 Å². The second kappa shape index (κ2) is 6.26. The molecule has 0 aliphatic carbocycles. The zero-order valence-electron chi connectivity index (χ0n) is 13.7. The molecule has 1 heterocycles. The summed E-state index contributed by atoms with van der Waals surface area (Å²) >= 11 is 0. The number of nitrogens with zero attached hydrogens (tertiary/aromatic N) is 1. The first-order chi connectivity index (χ1) is 11.5. The highest BCUT2D eigenvalue weighted by atomic mass is 19.4. The number of carbonyl (C=O) groups is 3. The van der Waals surface area contributed by atoms with E-state index in [9.17, 15) is 27.6 Å². The predicted molar refractivity (Wildman–Crippen MR) is 80.9 cm³/mol. The van der Waals surface area contributed by atoms with Gasteiger partial charge in [-0.05, 0) is 44.0 Å². The third-order valence-corrected chi connectivity index (χ3v) is 3.76. The van der Waals surface area contributed by atoms with Crippen molar-refractivity contribution in [3.8, 4) is 0 Å². The van der Waals surface area contributed by atoms with Gasteiger partial charge in [-0.15, -0.1) is 0 Å². The number of urea groups is 1. The molecule has 25 heavy (non-hydrogen) atoms. The summed E-state index contributed by atoms with van der Waals surface area (Å²) in [6, 6.07) is 3.01. The molecule has 1 aromatic carbocycles. The van der Waals surface area contributed by atoms with Crippen LogP contribution in [0.15, 0.2) is 18.2 Å². The second-order valence-corrected chi connectivity index (χ2v) is 5.43. The first-order valence-electron chi connectivity index (χ1n) is 7.29. The van der Waals surface area contributed by atoms with Crippen LogP contribution < -0.4 is 15.5 Å². The summed E-state index contributed by atoms with van der Waals surface area (Å²) < 4.78 is 45.0. The quantitative estimate of drug-likeness (QED) is 0.811. The third-order valence-electron chi connectivity index (χ3n) is 3.76. The molecule has 10 heteroatoms. The van der Waals surface area contributed by atoms with Crippen LogP contribution in [0.4, 0.5) is 28.4 Å². The van der Waals surface area contributed by atoms with Crippen LogP contribution >= 0.6 is 0 Å². The van der Waals surface area contributed by atoms with Gasteiger partial charge in [0.1, 0.15) is 0 Å². The fourth-order valence-electron chi connectivity index (χ4n) is 2.30. The molecule has 0 unspecified atom stereocenters. The first kappa shape index (κ1) is 18.6. The number of alkyl halides is 3. The van der Waals surface area contributed by atoms with Crippen LogP contribution in [0.2, 0.25) is 0 Å². The summed E-state index contributed by atoms with van der Waals surface area (Å²) in [6.07, 6.45) is -6.75. The zero-order valence-corrected chi connectivity index (χ0v) is 13.7. The van der Waals surface area contributed by atoms with E-state index in [0.29, 0.717) is 10.5 Å². The van der Waals surface area contributed by atoms with E-state index in [-0.39, 0.29) is 12.3 Å². The van der Waals surface area contributed by atoms with Crippen molar-refractivity contribution in [2.45, 2.75) is 32.6 Å². The molecule has 0 radical (unpaired) electrons. The molecule has 0 aromatic heterocycles. The van der Waals surface area contributed by atoms with E-state index in [0.717, 1.165) is 5.56 Å². The molecule has 2 N–H and O–H groups in total. The number of hydrogen-bond donors (Lipinski definition) is 2. The number of hydrogen-bond acceptors (Lipinski definition) is 4. The summed E-state index contributed by atoms with van der Waals surface area (Å²) in [5.41, 5.74) is -2.11. The van der Waals surface area contributed by atoms with Gasteiger partial charge in [0.05, 0.1) is 12.3 Å². The number of nitrogens with one attached hydrogen (secondary N) is 2. The molecular formula is C15H16F3N3O4. The summed E-state index contributed by atoms with van der Waals surface area (Å²) in [7, 11) is 0. The Labute approximate surface area is 141 Å². The Hall–Kier alpha value is -2.78. The smallest absolute Gasteiger partial charge is 0.440 e. The minimum atomic E-state index is -5.28. The minimum Gasteiger partial charge on any atom is -0.450 e. The SMILES string of the molecule is CCOC(=O)N[C@@]1(C(F)(F)F)NC(=O)N(c2ccc(C)c(C)c2)C1=O. The van der Waals surface area contributed by atoms with Crippen LogP contribution in [-0.2, 0) is 9.53 Å². The molecule has 4 amide bonds. The lowest BCUT2D eigenvalue weighted by atomic mass is 10.1. The van der Waals surface area contributed by atoms with Crippen LogP contribution in [0, 0.1) is 13.8 Å². The maximum Gasteiger partial charge on any atom is 0.440 e. The average molecular weight is 359 g/mol. The number of alkyl carbamates (subject to hydrolysis) is 1. The number of carbonyl (C=O) groups excluding carboxylic acids is 3. The van der Waals surface area contributed by atoms with Crippen LogP contribution in [0.25, 0.3) is 0 Å². The molecule has 0 spiro atoms. The van der Waals surface area contributed by atoms with Gasteiger partial charge in [0.25, 0.3) is 11.6 Å². The van der Waals surface area contributed by atoms with E-state index in [2.05, 4.69) is 4.74 Å². The van der Waals surface area contributed by atoms with Gasteiger partial charge in [-0.1, -0.05) is 6.07 Å². The van der Waals surface area contributed by atoms with Crippen molar-refractivity contribution < 1.29 is 32.3 Å². The Morgan fingerprint density at radius 2 is 1.92 bits per heavy atom. The lowest BCUT2D eigenvalue weighted by Gasteiger charge is -2.29. The molecule has 1 aromatic rings. The van der Waals surface area contributed by atoms with Crippen LogP contribution in [-0.4, -0.2) is 36.5 Å². The number of halogens is 3. The minimum absolute atomic E-state index is 0.0395. The first-order valence-corrected chi connectivity index (χ1v) is 7.29. The van der Waals surface area contributed by atoms with Gasteiger partial charge in [0, 0.05) is 0 Å². The third kappa shape index (κ3) is 3.11. The highest BCUT2D eigenvalue weighted by Crippen LogP contribution is 2.36. The van der Waals surface area contributed by atoms with Gasteiger partial charge >= 0.3 is 18.3 Å². The molecular weight excluding hydrogens is 343 g/mol. The van der Waals surface area contributed by atoms with E-state index >= 15 is 0 Å². The Kier molecular flexibility index (Phi) is 4.65. The molecule has 1 aliphatic rings. The van der Waals surface area contributed by atoms with Crippen molar-refractivity contribution >= 4 is 23.7 Å². The summed E-state index contributed by atoms with van der Waals surface area (Å²) in [5.74, 6) is -1.67. The topological polar surface area (TPSA) is 87.7 Å². The molecule has 0 saturated carbocycles. The standard InChI is InChI=1S/C15H16F3N3O4/c1-4-25-13(24)20-14(15(16,17)18)11(22)21(12(23)19-14)10-6-5-8(2)9(3)7-10/h5-7H,4H2,1-3H3,(H,19,23)(H,20,24)/t14-/m0/s1. The molecule has 1 atom stereocenters. The van der Waals surface area contributed by atoms with Gasteiger partial charge in [-0.2, -0.15) is 13.2 Å². The normalized spacial score (nSPS) is 20.5. The van der Waals surface area contributed by atoms with E-state index < -0.39 is 29.9 Å². The van der Waals surface area contributed by atoms with Crippen molar-refractivity contribution in [3.05, 3.63) is 29.3 Å². The van der Waals surface area contributed by atoms with Crippen LogP contribution in [0.5, 0.6) is 0 Å². The van der Waals surface area contributed by atoms with Crippen molar-refractivity contribution in [1.29, 1.82) is 0 Å².